The molecule has 0 aliphatic rings. The first kappa shape index (κ1) is 15.9. The number of carbonyl (C=O) groups excluding carboxylic acids is 1. The summed E-state index contributed by atoms with van der Waals surface area (Å²) >= 11 is 0. The van der Waals surface area contributed by atoms with Gasteiger partial charge in [-0.15, -0.1) is 0 Å². The quantitative estimate of drug-likeness (QED) is 0.851. The summed E-state index contributed by atoms with van der Waals surface area (Å²) in [6.45, 7) is 6.79. The van der Waals surface area contributed by atoms with Crippen LogP contribution in [0.5, 0.6) is 0 Å². The average molecular weight is 299 g/mol. The largest absolute Gasteiger partial charge is 0.341 e. The molecule has 1 heterocycles. The van der Waals surface area contributed by atoms with Crippen LogP contribution in [-0.2, 0) is 4.79 Å². The molecule has 1 aromatic heterocycles. The second kappa shape index (κ2) is 7.02. The summed E-state index contributed by atoms with van der Waals surface area (Å²) < 4.78 is 1.27. The predicted octanol–water partition coefficient (Wildman–Crippen LogP) is 2.34. The zero-order valence-electron chi connectivity index (χ0n) is 13.2. The van der Waals surface area contributed by atoms with E-state index in [1.165, 1.54) is 10.7 Å². The van der Waals surface area contributed by atoms with Crippen LogP contribution in [0.2, 0.25) is 0 Å². The SMILES string of the molecule is CCN(CC)C(=O)C(C)n1nc(-c2ccccc2)ccc1=O. The fourth-order valence-electron chi connectivity index (χ4n) is 2.37. The first-order valence-electron chi connectivity index (χ1n) is 7.52. The van der Waals surface area contributed by atoms with E-state index in [2.05, 4.69) is 5.10 Å². The van der Waals surface area contributed by atoms with Crippen molar-refractivity contribution >= 4 is 5.91 Å². The maximum absolute atomic E-state index is 12.4. The molecule has 1 amide bonds. The van der Waals surface area contributed by atoms with Gasteiger partial charge in [0.05, 0.1) is 5.69 Å². The minimum Gasteiger partial charge on any atom is -0.341 e. The number of nitrogens with zero attached hydrogens (tertiary/aromatic N) is 3. The van der Waals surface area contributed by atoms with Crippen molar-refractivity contribution in [1.82, 2.24) is 14.7 Å². The van der Waals surface area contributed by atoms with E-state index in [0.29, 0.717) is 18.8 Å². The maximum Gasteiger partial charge on any atom is 0.267 e. The Kier molecular flexibility index (Phi) is 5.09. The monoisotopic (exact) mass is 299 g/mol. The van der Waals surface area contributed by atoms with Crippen LogP contribution >= 0.6 is 0 Å². The highest BCUT2D eigenvalue weighted by molar-refractivity contribution is 5.80. The number of rotatable bonds is 5. The lowest BCUT2D eigenvalue weighted by molar-refractivity contribution is -0.134. The molecule has 116 valence electrons. The Morgan fingerprint density at radius 2 is 1.77 bits per heavy atom. The zero-order valence-corrected chi connectivity index (χ0v) is 13.2. The highest BCUT2D eigenvalue weighted by Gasteiger charge is 2.21. The fraction of sp³-hybridized carbons (Fsp3) is 0.353. The van der Waals surface area contributed by atoms with Crippen molar-refractivity contribution in [2.45, 2.75) is 26.8 Å². The molecule has 0 radical (unpaired) electrons. The van der Waals surface area contributed by atoms with Crippen LogP contribution in [-0.4, -0.2) is 33.7 Å². The molecule has 1 unspecified atom stereocenters. The van der Waals surface area contributed by atoms with Gasteiger partial charge < -0.3 is 4.90 Å². The number of aromatic nitrogens is 2. The van der Waals surface area contributed by atoms with Gasteiger partial charge in [0.1, 0.15) is 6.04 Å². The van der Waals surface area contributed by atoms with Gasteiger partial charge >= 0.3 is 0 Å². The molecule has 0 aliphatic carbocycles. The van der Waals surface area contributed by atoms with Crippen molar-refractivity contribution in [2.24, 2.45) is 0 Å². The van der Waals surface area contributed by atoms with E-state index in [1.54, 1.807) is 17.9 Å². The van der Waals surface area contributed by atoms with Gasteiger partial charge in [-0.25, -0.2) is 4.68 Å². The molecule has 1 atom stereocenters. The minimum atomic E-state index is -0.615. The van der Waals surface area contributed by atoms with Gasteiger partial charge in [-0.05, 0) is 26.8 Å². The number of amides is 1. The van der Waals surface area contributed by atoms with Gasteiger partial charge in [0, 0.05) is 24.7 Å². The molecule has 0 saturated heterocycles. The van der Waals surface area contributed by atoms with Crippen LogP contribution < -0.4 is 5.56 Å². The molecule has 0 aliphatic heterocycles. The zero-order chi connectivity index (χ0) is 16.1. The smallest absolute Gasteiger partial charge is 0.267 e. The lowest BCUT2D eigenvalue weighted by Crippen LogP contribution is -2.39. The van der Waals surface area contributed by atoms with Gasteiger partial charge in [0.15, 0.2) is 0 Å². The van der Waals surface area contributed by atoms with E-state index in [4.69, 9.17) is 0 Å². The molecule has 2 aromatic rings. The summed E-state index contributed by atoms with van der Waals surface area (Å²) in [5, 5.41) is 4.37. The van der Waals surface area contributed by atoms with Crippen molar-refractivity contribution in [3.05, 3.63) is 52.8 Å². The molecule has 22 heavy (non-hydrogen) atoms. The van der Waals surface area contributed by atoms with Crippen LogP contribution in [0.15, 0.2) is 47.3 Å². The average Bonchev–Trinajstić information content (AvgIpc) is 2.56. The van der Waals surface area contributed by atoms with Crippen LogP contribution in [0, 0.1) is 0 Å². The second-order valence-electron chi connectivity index (χ2n) is 5.05. The molecular weight excluding hydrogens is 278 g/mol. The number of hydrogen-bond acceptors (Lipinski definition) is 3. The summed E-state index contributed by atoms with van der Waals surface area (Å²) in [6, 6.07) is 12.1. The molecule has 2 rings (SSSR count). The van der Waals surface area contributed by atoms with Crippen LogP contribution in [0.3, 0.4) is 0 Å². The molecule has 0 fully saturated rings. The highest BCUT2D eigenvalue weighted by Crippen LogP contribution is 2.15. The molecule has 0 bridgehead atoms. The van der Waals surface area contributed by atoms with Crippen LogP contribution in [0.4, 0.5) is 0 Å². The summed E-state index contributed by atoms with van der Waals surface area (Å²) in [5.74, 6) is -0.0928. The Bertz CT molecular complexity index is 691. The van der Waals surface area contributed by atoms with Crippen molar-refractivity contribution in [1.29, 1.82) is 0 Å². The molecule has 0 N–H and O–H groups in total. The lowest BCUT2D eigenvalue weighted by atomic mass is 10.1. The maximum atomic E-state index is 12.4. The van der Waals surface area contributed by atoms with Gasteiger partial charge in [0.2, 0.25) is 5.91 Å². The third-order valence-corrected chi connectivity index (χ3v) is 3.69. The Morgan fingerprint density at radius 3 is 2.36 bits per heavy atom. The van der Waals surface area contributed by atoms with E-state index >= 15 is 0 Å². The molecular formula is C17H21N3O2. The minimum absolute atomic E-state index is 0.0928. The molecule has 5 heteroatoms. The Morgan fingerprint density at radius 1 is 1.14 bits per heavy atom. The molecule has 1 aromatic carbocycles. The van der Waals surface area contributed by atoms with E-state index in [0.717, 1.165) is 5.56 Å². The number of carbonyl (C=O) groups is 1. The van der Waals surface area contributed by atoms with Crippen molar-refractivity contribution in [2.75, 3.05) is 13.1 Å². The normalized spacial score (nSPS) is 12.0. The lowest BCUT2D eigenvalue weighted by Gasteiger charge is -2.23. The third kappa shape index (κ3) is 3.24. The van der Waals surface area contributed by atoms with Crippen molar-refractivity contribution in [3.8, 4) is 11.3 Å². The van der Waals surface area contributed by atoms with E-state index in [9.17, 15) is 9.59 Å². The number of likely N-dealkylation sites (N-methyl/N-ethyl adjacent to an activating group) is 1. The van der Waals surface area contributed by atoms with Gasteiger partial charge in [-0.1, -0.05) is 30.3 Å². The van der Waals surface area contributed by atoms with E-state index < -0.39 is 6.04 Å². The summed E-state index contributed by atoms with van der Waals surface area (Å²) in [5.41, 5.74) is 1.32. The predicted molar refractivity (Wildman–Crippen MR) is 86.6 cm³/mol. The number of hydrogen-bond donors (Lipinski definition) is 0. The van der Waals surface area contributed by atoms with Crippen LogP contribution in [0.25, 0.3) is 11.3 Å². The summed E-state index contributed by atoms with van der Waals surface area (Å²) in [4.78, 5) is 26.2. The fourth-order valence-corrected chi connectivity index (χ4v) is 2.37. The highest BCUT2D eigenvalue weighted by atomic mass is 16.2. The van der Waals surface area contributed by atoms with Gasteiger partial charge in [0.25, 0.3) is 5.56 Å². The summed E-state index contributed by atoms with van der Waals surface area (Å²) in [6.07, 6.45) is 0. The summed E-state index contributed by atoms with van der Waals surface area (Å²) in [7, 11) is 0. The van der Waals surface area contributed by atoms with Crippen molar-refractivity contribution < 1.29 is 4.79 Å². The first-order valence-corrected chi connectivity index (χ1v) is 7.52. The Labute approximate surface area is 130 Å². The van der Waals surface area contributed by atoms with Crippen LogP contribution in [0.1, 0.15) is 26.8 Å². The first-order chi connectivity index (χ1) is 10.6. The van der Waals surface area contributed by atoms with E-state index in [1.807, 2.05) is 44.2 Å². The van der Waals surface area contributed by atoms with Gasteiger partial charge in [-0.3, -0.25) is 9.59 Å². The molecule has 5 nitrogen and oxygen atoms in total. The third-order valence-electron chi connectivity index (χ3n) is 3.69. The Hall–Kier alpha value is -2.43. The molecule has 0 spiro atoms. The topological polar surface area (TPSA) is 55.2 Å². The van der Waals surface area contributed by atoms with Gasteiger partial charge in [-0.2, -0.15) is 5.10 Å². The second-order valence-corrected chi connectivity index (χ2v) is 5.05. The standard InChI is InChI=1S/C17H21N3O2/c1-4-19(5-2)17(22)13(3)20-16(21)12-11-15(18-20)14-9-7-6-8-10-14/h6-13H,4-5H2,1-3H3. The van der Waals surface area contributed by atoms with Crippen molar-refractivity contribution in [3.63, 3.8) is 0 Å². The van der Waals surface area contributed by atoms with E-state index in [-0.39, 0.29) is 11.5 Å². The Balaban J connectivity index is 2.39. The number of benzene rings is 1. The molecule has 0 saturated carbocycles.